The summed E-state index contributed by atoms with van der Waals surface area (Å²) in [5.41, 5.74) is 0.940. The van der Waals surface area contributed by atoms with Gasteiger partial charge < -0.3 is 0 Å². The molecule has 0 spiro atoms. The average molecular weight is 159 g/mol. The molecular weight excluding hydrogens is 148 g/mol. The third-order valence-electron chi connectivity index (χ3n) is 1.33. The summed E-state index contributed by atoms with van der Waals surface area (Å²) in [5, 5.41) is 4.21. The highest BCUT2D eigenvalue weighted by molar-refractivity contribution is 6.16. The van der Waals surface area contributed by atoms with Gasteiger partial charge in [-0.2, -0.15) is 5.10 Å². The SMILES string of the molecule is CC(C)n1ccc(CCl)n1. The largest absolute Gasteiger partial charge is 0.270 e. The highest BCUT2D eigenvalue weighted by Gasteiger charge is 1.98. The van der Waals surface area contributed by atoms with Crippen molar-refractivity contribution in [2.75, 3.05) is 0 Å². The number of nitrogens with zero attached hydrogens (tertiary/aromatic N) is 2. The van der Waals surface area contributed by atoms with Gasteiger partial charge in [0, 0.05) is 12.2 Å². The molecule has 0 amide bonds. The van der Waals surface area contributed by atoms with Crippen LogP contribution >= 0.6 is 11.6 Å². The second-order valence-electron chi connectivity index (χ2n) is 2.51. The lowest BCUT2D eigenvalue weighted by atomic mass is 10.4. The van der Waals surface area contributed by atoms with Gasteiger partial charge in [0.1, 0.15) is 0 Å². The molecule has 0 aliphatic rings. The molecule has 56 valence electrons. The molecule has 0 atom stereocenters. The first-order chi connectivity index (χ1) is 4.74. The molecule has 0 radical (unpaired) electrons. The van der Waals surface area contributed by atoms with E-state index in [-0.39, 0.29) is 0 Å². The first kappa shape index (κ1) is 7.61. The summed E-state index contributed by atoms with van der Waals surface area (Å²) in [7, 11) is 0. The van der Waals surface area contributed by atoms with Gasteiger partial charge in [0.15, 0.2) is 0 Å². The molecule has 0 fully saturated rings. The molecule has 3 heteroatoms. The maximum absolute atomic E-state index is 5.57. The van der Waals surface area contributed by atoms with E-state index in [4.69, 9.17) is 11.6 Å². The van der Waals surface area contributed by atoms with Crippen LogP contribution < -0.4 is 0 Å². The molecule has 0 saturated heterocycles. The molecule has 1 rings (SSSR count). The Balaban J connectivity index is 2.78. The van der Waals surface area contributed by atoms with E-state index in [1.807, 2.05) is 16.9 Å². The second kappa shape index (κ2) is 3.06. The Hall–Kier alpha value is -0.500. The summed E-state index contributed by atoms with van der Waals surface area (Å²) in [4.78, 5) is 0. The monoisotopic (exact) mass is 158 g/mol. The Kier molecular flexibility index (Phi) is 2.33. The van der Waals surface area contributed by atoms with E-state index in [1.54, 1.807) is 0 Å². The minimum Gasteiger partial charge on any atom is -0.270 e. The zero-order chi connectivity index (χ0) is 7.56. The van der Waals surface area contributed by atoms with E-state index in [2.05, 4.69) is 18.9 Å². The number of aromatic nitrogens is 2. The quantitative estimate of drug-likeness (QED) is 0.604. The van der Waals surface area contributed by atoms with E-state index < -0.39 is 0 Å². The Bertz CT molecular complexity index is 205. The fourth-order valence-electron chi connectivity index (χ4n) is 0.736. The van der Waals surface area contributed by atoms with Gasteiger partial charge in [-0.3, -0.25) is 4.68 Å². The van der Waals surface area contributed by atoms with Gasteiger partial charge in [-0.25, -0.2) is 0 Å². The van der Waals surface area contributed by atoms with E-state index in [9.17, 15) is 0 Å². The normalized spacial score (nSPS) is 10.8. The van der Waals surface area contributed by atoms with Crippen LogP contribution in [0.3, 0.4) is 0 Å². The van der Waals surface area contributed by atoms with Crippen LogP contribution in [0.25, 0.3) is 0 Å². The highest BCUT2D eigenvalue weighted by Crippen LogP contribution is 2.05. The number of rotatable bonds is 2. The Morgan fingerprint density at radius 1 is 1.70 bits per heavy atom. The lowest BCUT2D eigenvalue weighted by Gasteiger charge is -2.02. The van der Waals surface area contributed by atoms with Gasteiger partial charge in [-0.1, -0.05) is 0 Å². The molecule has 0 N–H and O–H groups in total. The Morgan fingerprint density at radius 3 is 2.70 bits per heavy atom. The van der Waals surface area contributed by atoms with Crippen molar-refractivity contribution in [2.45, 2.75) is 25.8 Å². The van der Waals surface area contributed by atoms with Gasteiger partial charge in [-0.05, 0) is 19.9 Å². The molecular formula is C7H11ClN2. The smallest absolute Gasteiger partial charge is 0.0772 e. The van der Waals surface area contributed by atoms with Crippen molar-refractivity contribution in [2.24, 2.45) is 0 Å². The summed E-state index contributed by atoms with van der Waals surface area (Å²) in [6.07, 6.45) is 1.95. The van der Waals surface area contributed by atoms with Crippen LogP contribution in [0.15, 0.2) is 12.3 Å². The zero-order valence-corrected chi connectivity index (χ0v) is 6.97. The molecule has 0 saturated carbocycles. The van der Waals surface area contributed by atoms with Crippen molar-refractivity contribution in [3.63, 3.8) is 0 Å². The van der Waals surface area contributed by atoms with Crippen molar-refractivity contribution < 1.29 is 0 Å². The lowest BCUT2D eigenvalue weighted by molar-refractivity contribution is 0.528. The van der Waals surface area contributed by atoms with Gasteiger partial charge >= 0.3 is 0 Å². The van der Waals surface area contributed by atoms with Crippen LogP contribution in [0.1, 0.15) is 25.6 Å². The van der Waals surface area contributed by atoms with Crippen LogP contribution in [0.5, 0.6) is 0 Å². The summed E-state index contributed by atoms with van der Waals surface area (Å²) in [5.74, 6) is 0.500. The maximum atomic E-state index is 5.57. The van der Waals surface area contributed by atoms with Gasteiger partial charge in [0.25, 0.3) is 0 Å². The van der Waals surface area contributed by atoms with E-state index in [0.717, 1.165) is 5.69 Å². The maximum Gasteiger partial charge on any atom is 0.0772 e. The number of hydrogen-bond acceptors (Lipinski definition) is 1. The minimum absolute atomic E-state index is 0.428. The summed E-state index contributed by atoms with van der Waals surface area (Å²) in [6, 6.07) is 2.37. The van der Waals surface area contributed by atoms with E-state index in [0.29, 0.717) is 11.9 Å². The standard InChI is InChI=1S/C7H11ClN2/c1-6(2)10-4-3-7(5-8)9-10/h3-4,6H,5H2,1-2H3. The summed E-state index contributed by atoms with van der Waals surface area (Å²) < 4.78 is 1.90. The van der Waals surface area contributed by atoms with Gasteiger partial charge in [0.2, 0.25) is 0 Å². The van der Waals surface area contributed by atoms with E-state index >= 15 is 0 Å². The number of alkyl halides is 1. The van der Waals surface area contributed by atoms with Crippen LogP contribution in [0, 0.1) is 0 Å². The molecule has 0 aliphatic carbocycles. The zero-order valence-electron chi connectivity index (χ0n) is 6.21. The third-order valence-corrected chi connectivity index (χ3v) is 1.60. The van der Waals surface area contributed by atoms with Gasteiger partial charge in [0.05, 0.1) is 11.6 Å². The summed E-state index contributed by atoms with van der Waals surface area (Å²) >= 11 is 5.57. The molecule has 0 aromatic carbocycles. The molecule has 1 aromatic heterocycles. The topological polar surface area (TPSA) is 17.8 Å². The first-order valence-corrected chi connectivity index (χ1v) is 3.87. The van der Waals surface area contributed by atoms with Crippen molar-refractivity contribution in [3.05, 3.63) is 18.0 Å². The minimum atomic E-state index is 0.428. The van der Waals surface area contributed by atoms with Crippen molar-refractivity contribution in [1.29, 1.82) is 0 Å². The van der Waals surface area contributed by atoms with Crippen LogP contribution in [0.4, 0.5) is 0 Å². The van der Waals surface area contributed by atoms with E-state index in [1.165, 1.54) is 0 Å². The fourth-order valence-corrected chi connectivity index (χ4v) is 0.879. The third kappa shape index (κ3) is 1.51. The molecule has 0 bridgehead atoms. The molecule has 1 aromatic rings. The van der Waals surface area contributed by atoms with Crippen molar-refractivity contribution in [3.8, 4) is 0 Å². The van der Waals surface area contributed by atoms with Crippen molar-refractivity contribution in [1.82, 2.24) is 9.78 Å². The number of halogens is 1. The number of hydrogen-bond donors (Lipinski definition) is 0. The highest BCUT2D eigenvalue weighted by atomic mass is 35.5. The molecule has 10 heavy (non-hydrogen) atoms. The fraction of sp³-hybridized carbons (Fsp3) is 0.571. The second-order valence-corrected chi connectivity index (χ2v) is 2.78. The Morgan fingerprint density at radius 2 is 2.40 bits per heavy atom. The predicted molar refractivity (Wildman–Crippen MR) is 42.2 cm³/mol. The lowest BCUT2D eigenvalue weighted by Crippen LogP contribution is -2.01. The first-order valence-electron chi connectivity index (χ1n) is 3.34. The van der Waals surface area contributed by atoms with Crippen LogP contribution in [0.2, 0.25) is 0 Å². The molecule has 0 aliphatic heterocycles. The predicted octanol–water partition coefficient (Wildman–Crippen LogP) is 2.20. The van der Waals surface area contributed by atoms with Crippen LogP contribution in [-0.2, 0) is 5.88 Å². The summed E-state index contributed by atoms with van der Waals surface area (Å²) in [6.45, 7) is 4.18. The molecule has 0 unspecified atom stereocenters. The molecule has 1 heterocycles. The average Bonchev–Trinajstić information content (AvgIpc) is 2.34. The van der Waals surface area contributed by atoms with Crippen LogP contribution in [-0.4, -0.2) is 9.78 Å². The Labute approximate surface area is 65.8 Å². The van der Waals surface area contributed by atoms with Crippen molar-refractivity contribution >= 4 is 11.6 Å². The van der Waals surface area contributed by atoms with Gasteiger partial charge in [-0.15, -0.1) is 11.6 Å². The molecule has 2 nitrogen and oxygen atoms in total.